The molecule has 0 aromatic heterocycles. The number of fused-ring (bicyclic) bond motifs is 1. The number of sulfonamides is 1. The highest BCUT2D eigenvalue weighted by atomic mass is 32.2. The van der Waals surface area contributed by atoms with Gasteiger partial charge in [0.05, 0.1) is 17.7 Å². The quantitative estimate of drug-likeness (QED) is 0.645. The number of rotatable bonds is 8. The summed E-state index contributed by atoms with van der Waals surface area (Å²) in [6.07, 6.45) is 3.47. The van der Waals surface area contributed by atoms with Gasteiger partial charge in [-0.3, -0.25) is 4.79 Å². The second-order valence-corrected chi connectivity index (χ2v) is 9.70. The van der Waals surface area contributed by atoms with E-state index in [4.69, 9.17) is 9.47 Å². The molecule has 1 aliphatic rings. The Kier molecular flexibility index (Phi) is 7.23. The summed E-state index contributed by atoms with van der Waals surface area (Å²) in [4.78, 5) is 12.9. The SMILES string of the molecule is COc1ccc(S(=O)(=O)NC(C)C)cc1NC(=O)[C@@H](C)Oc1cccc2c1CCCC2. The molecule has 7 nitrogen and oxygen atoms in total. The monoisotopic (exact) mass is 446 g/mol. The van der Waals surface area contributed by atoms with Crippen molar-refractivity contribution in [3.05, 3.63) is 47.5 Å². The van der Waals surface area contributed by atoms with Crippen molar-refractivity contribution in [1.82, 2.24) is 4.72 Å². The van der Waals surface area contributed by atoms with Crippen molar-refractivity contribution in [2.24, 2.45) is 0 Å². The normalized spacial score (nSPS) is 14.6. The van der Waals surface area contributed by atoms with Crippen LogP contribution in [-0.2, 0) is 27.7 Å². The first-order chi connectivity index (χ1) is 14.7. The smallest absolute Gasteiger partial charge is 0.265 e. The van der Waals surface area contributed by atoms with Crippen LogP contribution in [0.3, 0.4) is 0 Å². The lowest BCUT2D eigenvalue weighted by atomic mass is 9.91. The molecule has 0 bridgehead atoms. The maximum absolute atomic E-state index is 12.8. The van der Waals surface area contributed by atoms with Crippen molar-refractivity contribution in [3.8, 4) is 11.5 Å². The van der Waals surface area contributed by atoms with Crippen molar-refractivity contribution in [2.45, 2.75) is 63.5 Å². The second kappa shape index (κ2) is 9.70. The Bertz CT molecular complexity index is 1050. The third-order valence-electron chi connectivity index (χ3n) is 5.16. The van der Waals surface area contributed by atoms with Crippen LogP contribution in [0.15, 0.2) is 41.3 Å². The molecule has 3 rings (SSSR count). The molecule has 0 saturated carbocycles. The molecule has 31 heavy (non-hydrogen) atoms. The van der Waals surface area contributed by atoms with Gasteiger partial charge in [0.15, 0.2) is 6.10 Å². The molecule has 2 aromatic carbocycles. The summed E-state index contributed by atoms with van der Waals surface area (Å²) in [6.45, 7) is 5.15. The number of hydrogen-bond donors (Lipinski definition) is 2. The number of aryl methyl sites for hydroxylation is 1. The molecule has 0 heterocycles. The zero-order chi connectivity index (χ0) is 22.6. The molecule has 0 radical (unpaired) electrons. The zero-order valence-electron chi connectivity index (χ0n) is 18.4. The Labute approximate surface area is 184 Å². The fourth-order valence-corrected chi connectivity index (χ4v) is 4.94. The summed E-state index contributed by atoms with van der Waals surface area (Å²) in [5.74, 6) is 0.698. The third-order valence-corrected chi connectivity index (χ3v) is 6.81. The summed E-state index contributed by atoms with van der Waals surface area (Å²) in [5.41, 5.74) is 2.71. The molecule has 0 unspecified atom stereocenters. The van der Waals surface area contributed by atoms with Crippen LogP contribution in [0.4, 0.5) is 5.69 Å². The van der Waals surface area contributed by atoms with E-state index in [1.54, 1.807) is 20.8 Å². The van der Waals surface area contributed by atoms with Gasteiger partial charge in [-0.2, -0.15) is 0 Å². The first-order valence-electron chi connectivity index (χ1n) is 10.5. The Balaban J connectivity index is 1.78. The Morgan fingerprint density at radius 1 is 1.03 bits per heavy atom. The summed E-state index contributed by atoms with van der Waals surface area (Å²) in [6, 6.07) is 10.0. The Morgan fingerprint density at radius 2 is 1.77 bits per heavy atom. The van der Waals surface area contributed by atoms with Crippen LogP contribution in [0, 0.1) is 0 Å². The van der Waals surface area contributed by atoms with E-state index < -0.39 is 22.0 Å². The lowest BCUT2D eigenvalue weighted by Gasteiger charge is -2.22. The molecule has 1 amide bonds. The van der Waals surface area contributed by atoms with Gasteiger partial charge in [0.2, 0.25) is 10.0 Å². The molecule has 2 N–H and O–H groups in total. The molecule has 8 heteroatoms. The summed E-state index contributed by atoms with van der Waals surface area (Å²) >= 11 is 0. The molecule has 2 aromatic rings. The number of anilines is 1. The molecule has 0 spiro atoms. The van der Waals surface area contributed by atoms with Gasteiger partial charge in [0.25, 0.3) is 5.91 Å². The van der Waals surface area contributed by atoms with Crippen molar-refractivity contribution >= 4 is 21.6 Å². The molecule has 1 aliphatic carbocycles. The van der Waals surface area contributed by atoms with Crippen molar-refractivity contribution in [2.75, 3.05) is 12.4 Å². The van der Waals surface area contributed by atoms with Crippen LogP contribution in [0.2, 0.25) is 0 Å². The molecule has 168 valence electrons. The number of ether oxygens (including phenoxy) is 2. The number of methoxy groups -OCH3 is 1. The van der Waals surface area contributed by atoms with Crippen molar-refractivity contribution in [1.29, 1.82) is 0 Å². The van der Waals surface area contributed by atoms with Gasteiger partial charge in [-0.15, -0.1) is 0 Å². The number of carbonyl (C=O) groups excluding carboxylic acids is 1. The molecule has 1 atom stereocenters. The largest absolute Gasteiger partial charge is 0.495 e. The van der Waals surface area contributed by atoms with Crippen LogP contribution in [0.5, 0.6) is 11.5 Å². The highest BCUT2D eigenvalue weighted by Gasteiger charge is 2.22. The van der Waals surface area contributed by atoms with E-state index in [1.165, 1.54) is 36.4 Å². The average molecular weight is 447 g/mol. The van der Waals surface area contributed by atoms with Gasteiger partial charge >= 0.3 is 0 Å². The molecular weight excluding hydrogens is 416 g/mol. The highest BCUT2D eigenvalue weighted by molar-refractivity contribution is 7.89. The third kappa shape index (κ3) is 5.57. The highest BCUT2D eigenvalue weighted by Crippen LogP contribution is 2.31. The number of amides is 1. The summed E-state index contributed by atoms with van der Waals surface area (Å²) in [5, 5.41) is 2.75. The van der Waals surface area contributed by atoms with E-state index in [0.29, 0.717) is 5.75 Å². The van der Waals surface area contributed by atoms with Crippen LogP contribution in [0.25, 0.3) is 0 Å². The van der Waals surface area contributed by atoms with Crippen molar-refractivity contribution in [3.63, 3.8) is 0 Å². The van der Waals surface area contributed by atoms with Crippen LogP contribution in [0.1, 0.15) is 44.7 Å². The predicted molar refractivity (Wildman–Crippen MR) is 120 cm³/mol. The van der Waals surface area contributed by atoms with E-state index in [-0.39, 0.29) is 16.6 Å². The standard InChI is InChI=1S/C23H30N2O5S/c1-15(2)25-31(27,28)18-12-13-22(29-4)20(14-18)24-23(26)16(3)30-21-11-7-9-17-8-5-6-10-19(17)21/h7,9,11-16,25H,5-6,8,10H2,1-4H3,(H,24,26)/t16-/m1/s1. The van der Waals surface area contributed by atoms with E-state index in [9.17, 15) is 13.2 Å². The fourth-order valence-electron chi connectivity index (χ4n) is 3.67. The van der Waals surface area contributed by atoms with Gasteiger partial charge in [-0.05, 0) is 81.8 Å². The van der Waals surface area contributed by atoms with Gasteiger partial charge in [-0.1, -0.05) is 12.1 Å². The first-order valence-corrected chi connectivity index (χ1v) is 12.0. The number of nitrogens with one attached hydrogen (secondary N) is 2. The lowest BCUT2D eigenvalue weighted by Crippen LogP contribution is -2.31. The molecule has 0 fully saturated rings. The number of benzene rings is 2. The van der Waals surface area contributed by atoms with E-state index in [2.05, 4.69) is 16.1 Å². The van der Waals surface area contributed by atoms with Gasteiger partial charge < -0.3 is 14.8 Å². The first kappa shape index (κ1) is 23.1. The molecule has 0 aliphatic heterocycles. The van der Waals surface area contributed by atoms with E-state index in [0.717, 1.165) is 31.4 Å². The fraction of sp³-hybridized carbons (Fsp3) is 0.435. The molecular formula is C23H30N2O5S. The summed E-state index contributed by atoms with van der Waals surface area (Å²) < 4.78 is 38.8. The van der Waals surface area contributed by atoms with Gasteiger partial charge in [0.1, 0.15) is 11.5 Å². The van der Waals surface area contributed by atoms with E-state index in [1.807, 2.05) is 12.1 Å². The topological polar surface area (TPSA) is 93.7 Å². The Morgan fingerprint density at radius 3 is 2.48 bits per heavy atom. The van der Waals surface area contributed by atoms with Crippen molar-refractivity contribution < 1.29 is 22.7 Å². The predicted octanol–water partition coefficient (Wildman–Crippen LogP) is 3.67. The van der Waals surface area contributed by atoms with E-state index >= 15 is 0 Å². The van der Waals surface area contributed by atoms with Crippen LogP contribution < -0.4 is 19.5 Å². The minimum atomic E-state index is -3.71. The molecule has 0 saturated heterocycles. The minimum absolute atomic E-state index is 0.0444. The summed E-state index contributed by atoms with van der Waals surface area (Å²) in [7, 11) is -2.25. The number of carbonyl (C=O) groups is 1. The van der Waals surface area contributed by atoms with Crippen LogP contribution in [-0.4, -0.2) is 33.6 Å². The average Bonchev–Trinajstić information content (AvgIpc) is 2.73. The van der Waals surface area contributed by atoms with Gasteiger partial charge in [0, 0.05) is 6.04 Å². The second-order valence-electron chi connectivity index (χ2n) is 7.99. The minimum Gasteiger partial charge on any atom is -0.495 e. The Hall–Kier alpha value is -2.58. The maximum Gasteiger partial charge on any atom is 0.265 e. The van der Waals surface area contributed by atoms with Crippen LogP contribution >= 0.6 is 0 Å². The maximum atomic E-state index is 12.8. The lowest BCUT2D eigenvalue weighted by molar-refractivity contribution is -0.122. The zero-order valence-corrected chi connectivity index (χ0v) is 19.2. The van der Waals surface area contributed by atoms with Gasteiger partial charge in [-0.25, -0.2) is 13.1 Å². The number of hydrogen-bond acceptors (Lipinski definition) is 5.